The van der Waals surface area contributed by atoms with E-state index in [1.807, 2.05) is 0 Å². The summed E-state index contributed by atoms with van der Waals surface area (Å²) in [4.78, 5) is 25.1. The molecule has 0 aromatic heterocycles. The molecule has 2 amide bonds. The van der Waals surface area contributed by atoms with E-state index in [1.165, 1.54) is 19.8 Å². The van der Waals surface area contributed by atoms with Gasteiger partial charge < -0.3 is 15.7 Å². The van der Waals surface area contributed by atoms with Crippen LogP contribution < -0.4 is 10.6 Å². The fourth-order valence-electron chi connectivity index (χ4n) is 1.94. The van der Waals surface area contributed by atoms with Crippen LogP contribution in [0.4, 0.5) is 4.79 Å². The molecule has 0 aromatic rings. The van der Waals surface area contributed by atoms with E-state index in [0.29, 0.717) is 19.0 Å². The van der Waals surface area contributed by atoms with Crippen LogP contribution >= 0.6 is 0 Å². The van der Waals surface area contributed by atoms with E-state index in [2.05, 4.69) is 22.5 Å². The van der Waals surface area contributed by atoms with Crippen molar-refractivity contribution in [1.82, 2.24) is 15.5 Å². The Morgan fingerprint density at radius 3 is 2.42 bits per heavy atom. The summed E-state index contributed by atoms with van der Waals surface area (Å²) in [5.41, 5.74) is -1.20. The molecule has 1 fully saturated rings. The van der Waals surface area contributed by atoms with E-state index in [-0.39, 0.29) is 0 Å². The Labute approximate surface area is 114 Å². The fraction of sp³-hybridized carbons (Fsp3) is 0.846. The highest BCUT2D eigenvalue weighted by Gasteiger charge is 2.32. The number of carbonyl (C=O) groups excluding carboxylic acids is 1. The molecule has 6 heteroatoms. The molecule has 0 radical (unpaired) electrons. The topological polar surface area (TPSA) is 81.7 Å². The van der Waals surface area contributed by atoms with Crippen molar-refractivity contribution < 1.29 is 14.7 Å². The minimum Gasteiger partial charge on any atom is -0.480 e. The number of nitrogens with zero attached hydrogens (tertiary/aromatic N) is 1. The highest BCUT2D eigenvalue weighted by Crippen LogP contribution is 2.25. The molecule has 1 atom stereocenters. The van der Waals surface area contributed by atoms with Crippen LogP contribution in [0, 0.1) is 0 Å². The van der Waals surface area contributed by atoms with Gasteiger partial charge in [0.15, 0.2) is 0 Å². The predicted octanol–water partition coefficient (Wildman–Crippen LogP) is 1.02. The number of amides is 2. The van der Waals surface area contributed by atoms with Gasteiger partial charge in [-0.05, 0) is 32.7 Å². The lowest BCUT2D eigenvalue weighted by atomic mass is 10.00. The second kappa shape index (κ2) is 6.75. The lowest BCUT2D eigenvalue weighted by Crippen LogP contribution is -2.55. The van der Waals surface area contributed by atoms with Crippen LogP contribution in [0.15, 0.2) is 0 Å². The van der Waals surface area contributed by atoms with Crippen molar-refractivity contribution >= 4 is 12.0 Å². The summed E-state index contributed by atoms with van der Waals surface area (Å²) in [5.74, 6) is -1.02. The maximum atomic E-state index is 11.7. The molecule has 6 nitrogen and oxygen atoms in total. The van der Waals surface area contributed by atoms with E-state index in [9.17, 15) is 9.59 Å². The number of urea groups is 1. The molecule has 0 aromatic carbocycles. The van der Waals surface area contributed by atoms with Gasteiger partial charge in [-0.2, -0.15) is 0 Å². The van der Waals surface area contributed by atoms with Crippen molar-refractivity contribution in [2.75, 3.05) is 19.6 Å². The fourth-order valence-corrected chi connectivity index (χ4v) is 1.94. The summed E-state index contributed by atoms with van der Waals surface area (Å²) in [6.07, 6.45) is 2.83. The molecule has 0 heterocycles. The van der Waals surface area contributed by atoms with Crippen molar-refractivity contribution in [3.05, 3.63) is 0 Å². The number of carbonyl (C=O) groups is 2. The zero-order valence-corrected chi connectivity index (χ0v) is 12.0. The lowest BCUT2D eigenvalue weighted by Gasteiger charge is -2.25. The molecule has 0 saturated heterocycles. The van der Waals surface area contributed by atoms with Gasteiger partial charge in [0.2, 0.25) is 0 Å². The molecule has 1 aliphatic carbocycles. The number of nitrogens with one attached hydrogen (secondary N) is 2. The predicted molar refractivity (Wildman–Crippen MR) is 73.1 cm³/mol. The monoisotopic (exact) mass is 271 g/mol. The van der Waals surface area contributed by atoms with Gasteiger partial charge in [0.25, 0.3) is 0 Å². The van der Waals surface area contributed by atoms with Crippen LogP contribution in [0.1, 0.15) is 40.0 Å². The average Bonchev–Trinajstić information content (AvgIpc) is 3.18. The highest BCUT2D eigenvalue weighted by atomic mass is 16.4. The van der Waals surface area contributed by atoms with Crippen LogP contribution in [0.5, 0.6) is 0 Å². The Balaban J connectivity index is 2.28. The largest absolute Gasteiger partial charge is 0.480 e. The van der Waals surface area contributed by atoms with Crippen LogP contribution in [0.2, 0.25) is 0 Å². The first-order valence-corrected chi connectivity index (χ1v) is 6.96. The zero-order valence-electron chi connectivity index (χ0n) is 12.0. The molecule has 110 valence electrons. The van der Waals surface area contributed by atoms with Gasteiger partial charge in [0.05, 0.1) is 0 Å². The number of carboxylic acid groups (broad SMARTS) is 1. The second-order valence-corrected chi connectivity index (χ2v) is 5.23. The summed E-state index contributed by atoms with van der Waals surface area (Å²) in [7, 11) is 0. The molecule has 1 aliphatic rings. The molecular weight excluding hydrogens is 246 g/mol. The Morgan fingerprint density at radius 1 is 1.37 bits per heavy atom. The third kappa shape index (κ3) is 4.70. The first-order valence-electron chi connectivity index (χ1n) is 6.96. The van der Waals surface area contributed by atoms with Gasteiger partial charge in [-0.15, -0.1) is 0 Å². The average molecular weight is 271 g/mol. The smallest absolute Gasteiger partial charge is 0.329 e. The number of hydrogen-bond donors (Lipinski definition) is 3. The molecule has 0 bridgehead atoms. The van der Waals surface area contributed by atoms with Crippen molar-refractivity contribution in [3.8, 4) is 0 Å². The maximum absolute atomic E-state index is 11.7. The van der Waals surface area contributed by atoms with Gasteiger partial charge in [0.1, 0.15) is 5.54 Å². The van der Waals surface area contributed by atoms with Crippen LogP contribution in [0.3, 0.4) is 0 Å². The maximum Gasteiger partial charge on any atom is 0.329 e. The number of hydrogen-bond acceptors (Lipinski definition) is 3. The van der Waals surface area contributed by atoms with Crippen molar-refractivity contribution in [3.63, 3.8) is 0 Å². The van der Waals surface area contributed by atoms with E-state index in [1.54, 1.807) is 6.92 Å². The number of carboxylic acids is 1. The second-order valence-electron chi connectivity index (χ2n) is 5.23. The third-order valence-electron chi connectivity index (χ3n) is 3.72. The SMILES string of the molecule is CCN(CCNC(=O)NC(C)(CC)C(=O)O)C1CC1. The summed E-state index contributed by atoms with van der Waals surface area (Å²) in [6, 6.07) is 0.258. The summed E-state index contributed by atoms with van der Waals surface area (Å²) >= 11 is 0. The minimum absolute atomic E-state index is 0.346. The van der Waals surface area contributed by atoms with E-state index in [4.69, 9.17) is 5.11 Å². The van der Waals surface area contributed by atoms with Crippen LogP contribution in [-0.2, 0) is 4.79 Å². The number of likely N-dealkylation sites (N-methyl/N-ethyl adjacent to an activating group) is 1. The zero-order chi connectivity index (χ0) is 14.5. The van der Waals surface area contributed by atoms with Crippen molar-refractivity contribution in [2.45, 2.75) is 51.6 Å². The Kier molecular flexibility index (Phi) is 5.60. The molecular formula is C13H25N3O3. The van der Waals surface area contributed by atoms with Crippen LogP contribution in [0.25, 0.3) is 0 Å². The summed E-state index contributed by atoms with van der Waals surface area (Å²) < 4.78 is 0. The van der Waals surface area contributed by atoms with Crippen molar-refractivity contribution in [2.24, 2.45) is 0 Å². The standard InChI is InChI=1S/C13H25N3O3/c1-4-13(3,11(17)18)15-12(19)14-8-9-16(5-2)10-6-7-10/h10H,4-9H2,1-3H3,(H,17,18)(H2,14,15,19). The Hall–Kier alpha value is -1.30. The van der Waals surface area contributed by atoms with Gasteiger partial charge in [-0.1, -0.05) is 13.8 Å². The molecule has 19 heavy (non-hydrogen) atoms. The van der Waals surface area contributed by atoms with Crippen molar-refractivity contribution in [1.29, 1.82) is 0 Å². The number of rotatable bonds is 8. The number of aliphatic carboxylic acids is 1. The minimum atomic E-state index is -1.20. The van der Waals surface area contributed by atoms with E-state index in [0.717, 1.165) is 13.1 Å². The molecule has 3 N–H and O–H groups in total. The molecule has 1 unspecified atom stereocenters. The third-order valence-corrected chi connectivity index (χ3v) is 3.72. The van der Waals surface area contributed by atoms with E-state index >= 15 is 0 Å². The summed E-state index contributed by atoms with van der Waals surface area (Å²) in [6.45, 7) is 7.69. The van der Waals surface area contributed by atoms with Gasteiger partial charge in [0, 0.05) is 19.1 Å². The van der Waals surface area contributed by atoms with Gasteiger partial charge in [-0.25, -0.2) is 9.59 Å². The molecule has 0 aliphatic heterocycles. The first kappa shape index (κ1) is 15.8. The van der Waals surface area contributed by atoms with Gasteiger partial charge in [-0.3, -0.25) is 4.90 Å². The van der Waals surface area contributed by atoms with E-state index < -0.39 is 17.5 Å². The lowest BCUT2D eigenvalue weighted by molar-refractivity contribution is -0.143. The summed E-state index contributed by atoms with van der Waals surface area (Å²) in [5, 5.41) is 14.3. The Morgan fingerprint density at radius 2 is 2.00 bits per heavy atom. The molecule has 1 rings (SSSR count). The normalized spacial score (nSPS) is 17.9. The van der Waals surface area contributed by atoms with Crippen LogP contribution in [-0.4, -0.2) is 53.2 Å². The highest BCUT2D eigenvalue weighted by molar-refractivity contribution is 5.85. The quantitative estimate of drug-likeness (QED) is 0.615. The molecule has 1 saturated carbocycles. The Bertz CT molecular complexity index is 331. The molecule has 0 spiro atoms. The first-order chi connectivity index (χ1) is 8.92. The van der Waals surface area contributed by atoms with Gasteiger partial charge >= 0.3 is 12.0 Å².